The first-order valence-electron chi connectivity index (χ1n) is 6.06. The molecule has 0 saturated carbocycles. The Morgan fingerprint density at radius 3 is 2.71 bits per heavy atom. The Morgan fingerprint density at radius 1 is 1.41 bits per heavy atom. The summed E-state index contributed by atoms with van der Waals surface area (Å²) in [6.45, 7) is 6.56. The average Bonchev–Trinajstić information content (AvgIpc) is 2.29. The highest BCUT2D eigenvalue weighted by Crippen LogP contribution is 2.16. The summed E-state index contributed by atoms with van der Waals surface area (Å²) < 4.78 is 5.37. The largest absolute Gasteiger partial charge is 0.494 e. The van der Waals surface area contributed by atoms with Crippen LogP contribution in [0.2, 0.25) is 0 Å². The zero-order valence-corrected chi connectivity index (χ0v) is 10.8. The van der Waals surface area contributed by atoms with Crippen LogP contribution in [0.15, 0.2) is 24.3 Å². The third-order valence-electron chi connectivity index (χ3n) is 2.74. The molecular formula is C14H21NO2. The Kier molecular flexibility index (Phi) is 5.16. The first kappa shape index (κ1) is 13.7. The van der Waals surface area contributed by atoms with Crippen LogP contribution in [0, 0.1) is 5.92 Å². The number of carbonyl (C=O) groups excluding carboxylic acids is 1. The highest BCUT2D eigenvalue weighted by Gasteiger charge is 2.14. The lowest BCUT2D eigenvalue weighted by molar-refractivity contribution is 0.0967. The molecule has 1 atom stereocenters. The molecule has 2 N–H and O–H groups in total. The molecule has 0 radical (unpaired) electrons. The lowest BCUT2D eigenvalue weighted by Crippen LogP contribution is -2.29. The zero-order chi connectivity index (χ0) is 12.8. The minimum absolute atomic E-state index is 0.0766. The maximum atomic E-state index is 12.0. The van der Waals surface area contributed by atoms with Crippen molar-refractivity contribution in [2.45, 2.75) is 33.2 Å². The van der Waals surface area contributed by atoms with Crippen molar-refractivity contribution >= 4 is 5.78 Å². The van der Waals surface area contributed by atoms with Gasteiger partial charge in [0, 0.05) is 18.0 Å². The Labute approximate surface area is 103 Å². The second kappa shape index (κ2) is 6.40. The van der Waals surface area contributed by atoms with Gasteiger partial charge in [0.1, 0.15) is 5.75 Å². The third kappa shape index (κ3) is 4.19. The highest BCUT2D eigenvalue weighted by atomic mass is 16.5. The molecule has 17 heavy (non-hydrogen) atoms. The average molecular weight is 235 g/mol. The van der Waals surface area contributed by atoms with Gasteiger partial charge in [0.05, 0.1) is 6.61 Å². The summed E-state index contributed by atoms with van der Waals surface area (Å²) in [6.07, 6.45) is 0.382. The van der Waals surface area contributed by atoms with Crippen LogP contribution in [-0.4, -0.2) is 18.4 Å². The van der Waals surface area contributed by atoms with Crippen LogP contribution in [0.4, 0.5) is 0 Å². The molecule has 0 bridgehead atoms. The summed E-state index contributed by atoms with van der Waals surface area (Å²) in [5.41, 5.74) is 6.57. The predicted molar refractivity (Wildman–Crippen MR) is 69.4 cm³/mol. The van der Waals surface area contributed by atoms with Gasteiger partial charge in [-0.2, -0.15) is 0 Å². The second-order valence-corrected chi connectivity index (χ2v) is 4.50. The molecule has 3 heteroatoms. The van der Waals surface area contributed by atoms with Gasteiger partial charge in [0.25, 0.3) is 0 Å². The molecule has 1 rings (SSSR count). The topological polar surface area (TPSA) is 52.3 Å². The van der Waals surface area contributed by atoms with Crippen molar-refractivity contribution in [1.29, 1.82) is 0 Å². The smallest absolute Gasteiger partial charge is 0.164 e. The van der Waals surface area contributed by atoms with E-state index >= 15 is 0 Å². The van der Waals surface area contributed by atoms with Gasteiger partial charge in [-0.15, -0.1) is 0 Å². The standard InChI is InChI=1S/C14H21NO2/c1-4-17-12-7-5-6-11(8-12)14(16)9-13(15)10(2)3/h5-8,10,13H,4,9,15H2,1-3H3. The summed E-state index contributed by atoms with van der Waals surface area (Å²) >= 11 is 0. The third-order valence-corrected chi connectivity index (χ3v) is 2.74. The molecule has 0 amide bonds. The predicted octanol–water partition coefficient (Wildman–Crippen LogP) is 2.64. The number of nitrogens with two attached hydrogens (primary N) is 1. The van der Waals surface area contributed by atoms with Crippen LogP contribution in [0.5, 0.6) is 5.75 Å². The molecule has 1 aromatic rings. The van der Waals surface area contributed by atoms with Crippen molar-refractivity contribution < 1.29 is 9.53 Å². The van der Waals surface area contributed by atoms with Gasteiger partial charge in [-0.3, -0.25) is 4.79 Å². The van der Waals surface area contributed by atoms with Crippen LogP contribution in [0.1, 0.15) is 37.6 Å². The minimum atomic E-state index is -0.0850. The SMILES string of the molecule is CCOc1cccc(C(=O)CC(N)C(C)C)c1. The van der Waals surface area contributed by atoms with E-state index in [0.717, 1.165) is 5.75 Å². The number of Topliss-reactive ketones (excluding diaryl/α,β-unsaturated/α-hetero) is 1. The number of ether oxygens (including phenoxy) is 1. The van der Waals surface area contributed by atoms with E-state index in [9.17, 15) is 4.79 Å². The van der Waals surface area contributed by atoms with Crippen molar-refractivity contribution in [2.75, 3.05) is 6.61 Å². The first-order chi connectivity index (χ1) is 8.04. The van der Waals surface area contributed by atoms with Crippen LogP contribution < -0.4 is 10.5 Å². The highest BCUT2D eigenvalue weighted by molar-refractivity contribution is 5.96. The summed E-state index contributed by atoms with van der Waals surface area (Å²) in [6, 6.07) is 7.18. The number of carbonyl (C=O) groups is 1. The number of hydrogen-bond donors (Lipinski definition) is 1. The lowest BCUT2D eigenvalue weighted by Gasteiger charge is -2.14. The molecule has 94 valence electrons. The molecule has 0 aromatic heterocycles. The molecule has 0 fully saturated rings. The van der Waals surface area contributed by atoms with Gasteiger partial charge in [-0.05, 0) is 25.0 Å². The molecule has 0 heterocycles. The van der Waals surface area contributed by atoms with E-state index in [0.29, 0.717) is 24.5 Å². The van der Waals surface area contributed by atoms with E-state index in [-0.39, 0.29) is 11.8 Å². The number of ketones is 1. The van der Waals surface area contributed by atoms with Gasteiger partial charge >= 0.3 is 0 Å². The van der Waals surface area contributed by atoms with E-state index in [4.69, 9.17) is 10.5 Å². The van der Waals surface area contributed by atoms with Crippen LogP contribution >= 0.6 is 0 Å². The molecular weight excluding hydrogens is 214 g/mol. The van der Waals surface area contributed by atoms with Crippen LogP contribution in [0.3, 0.4) is 0 Å². The quantitative estimate of drug-likeness (QED) is 0.771. The summed E-state index contributed by atoms with van der Waals surface area (Å²) in [5, 5.41) is 0. The van der Waals surface area contributed by atoms with Gasteiger partial charge in [-0.1, -0.05) is 26.0 Å². The molecule has 1 unspecified atom stereocenters. The molecule has 0 aliphatic rings. The molecule has 0 aliphatic carbocycles. The zero-order valence-electron chi connectivity index (χ0n) is 10.8. The van der Waals surface area contributed by atoms with E-state index in [2.05, 4.69) is 0 Å². The Balaban J connectivity index is 2.71. The molecule has 3 nitrogen and oxygen atoms in total. The van der Waals surface area contributed by atoms with Gasteiger partial charge in [0.2, 0.25) is 0 Å². The van der Waals surface area contributed by atoms with E-state index in [1.165, 1.54) is 0 Å². The van der Waals surface area contributed by atoms with E-state index in [1.54, 1.807) is 12.1 Å². The van der Waals surface area contributed by atoms with Crippen LogP contribution in [-0.2, 0) is 0 Å². The fourth-order valence-electron chi connectivity index (χ4n) is 1.49. The van der Waals surface area contributed by atoms with Crippen LogP contribution in [0.25, 0.3) is 0 Å². The first-order valence-corrected chi connectivity index (χ1v) is 6.06. The second-order valence-electron chi connectivity index (χ2n) is 4.50. The molecule has 1 aromatic carbocycles. The maximum Gasteiger partial charge on any atom is 0.164 e. The van der Waals surface area contributed by atoms with Crippen molar-refractivity contribution in [3.05, 3.63) is 29.8 Å². The van der Waals surface area contributed by atoms with Gasteiger partial charge in [0.15, 0.2) is 5.78 Å². The van der Waals surface area contributed by atoms with Gasteiger partial charge in [-0.25, -0.2) is 0 Å². The number of rotatable bonds is 6. The monoisotopic (exact) mass is 235 g/mol. The fraction of sp³-hybridized carbons (Fsp3) is 0.500. The molecule has 0 aliphatic heterocycles. The van der Waals surface area contributed by atoms with Crippen molar-refractivity contribution in [2.24, 2.45) is 11.7 Å². The Hall–Kier alpha value is -1.35. The minimum Gasteiger partial charge on any atom is -0.494 e. The van der Waals surface area contributed by atoms with Crippen molar-refractivity contribution in [3.63, 3.8) is 0 Å². The van der Waals surface area contributed by atoms with Crippen molar-refractivity contribution in [1.82, 2.24) is 0 Å². The fourth-order valence-corrected chi connectivity index (χ4v) is 1.49. The maximum absolute atomic E-state index is 12.0. The number of benzene rings is 1. The lowest BCUT2D eigenvalue weighted by atomic mass is 9.96. The molecule has 0 spiro atoms. The summed E-state index contributed by atoms with van der Waals surface area (Å²) in [7, 11) is 0. The number of hydrogen-bond acceptors (Lipinski definition) is 3. The van der Waals surface area contributed by atoms with Gasteiger partial charge < -0.3 is 10.5 Å². The summed E-state index contributed by atoms with van der Waals surface area (Å²) in [5.74, 6) is 1.12. The molecule has 0 saturated heterocycles. The van der Waals surface area contributed by atoms with Crippen molar-refractivity contribution in [3.8, 4) is 5.75 Å². The Bertz CT molecular complexity index is 374. The van der Waals surface area contributed by atoms with E-state index < -0.39 is 0 Å². The Morgan fingerprint density at radius 2 is 2.12 bits per heavy atom. The van der Waals surface area contributed by atoms with E-state index in [1.807, 2.05) is 32.9 Å². The summed E-state index contributed by atoms with van der Waals surface area (Å²) in [4.78, 5) is 12.0. The normalized spacial score (nSPS) is 12.5.